The maximum absolute atomic E-state index is 12.7. The van der Waals surface area contributed by atoms with Gasteiger partial charge in [-0.3, -0.25) is 4.79 Å². The number of amides is 1. The fourth-order valence-corrected chi connectivity index (χ4v) is 3.14. The lowest BCUT2D eigenvalue weighted by Gasteiger charge is -2.20. The Morgan fingerprint density at radius 1 is 1.15 bits per heavy atom. The second-order valence-corrected chi connectivity index (χ2v) is 6.48. The van der Waals surface area contributed by atoms with Crippen LogP contribution in [0, 0.1) is 11.8 Å². The molecule has 1 N–H and O–H groups in total. The number of nitrogens with one attached hydrogen (secondary N) is 1. The van der Waals surface area contributed by atoms with Crippen molar-refractivity contribution in [2.75, 3.05) is 7.11 Å². The van der Waals surface area contributed by atoms with Crippen LogP contribution in [0.4, 0.5) is 8.78 Å². The summed E-state index contributed by atoms with van der Waals surface area (Å²) >= 11 is 0. The van der Waals surface area contributed by atoms with Crippen LogP contribution in [0.25, 0.3) is 0 Å². The van der Waals surface area contributed by atoms with Gasteiger partial charge in [0, 0.05) is 5.56 Å². The van der Waals surface area contributed by atoms with Gasteiger partial charge >= 0.3 is 6.61 Å². The molecule has 3 rings (SSSR count). The third-order valence-electron chi connectivity index (χ3n) is 4.69. The first-order valence-electron chi connectivity index (χ1n) is 8.48. The maximum Gasteiger partial charge on any atom is 0.387 e. The molecular weight excluding hydrogens is 340 g/mol. The summed E-state index contributed by atoms with van der Waals surface area (Å²) in [6.07, 6.45) is 1.04. The Morgan fingerprint density at radius 2 is 1.85 bits per heavy atom. The summed E-state index contributed by atoms with van der Waals surface area (Å²) in [4.78, 5) is 12.7. The van der Waals surface area contributed by atoms with Crippen molar-refractivity contribution in [3.8, 4) is 11.5 Å². The van der Waals surface area contributed by atoms with Gasteiger partial charge < -0.3 is 14.8 Å². The molecular formula is C20H21F2NO3. The van der Waals surface area contributed by atoms with Gasteiger partial charge in [0.25, 0.3) is 5.91 Å². The number of alkyl halides is 2. The zero-order valence-corrected chi connectivity index (χ0v) is 14.6. The summed E-state index contributed by atoms with van der Waals surface area (Å²) in [6, 6.07) is 13.9. The van der Waals surface area contributed by atoms with Crippen LogP contribution in [0.5, 0.6) is 11.5 Å². The van der Waals surface area contributed by atoms with Crippen molar-refractivity contribution in [2.24, 2.45) is 11.8 Å². The highest BCUT2D eigenvalue weighted by molar-refractivity contribution is 5.95. The van der Waals surface area contributed by atoms with E-state index < -0.39 is 6.61 Å². The van der Waals surface area contributed by atoms with Crippen molar-refractivity contribution < 1.29 is 23.0 Å². The van der Waals surface area contributed by atoms with E-state index in [2.05, 4.69) is 17.0 Å². The minimum Gasteiger partial charge on any atom is -0.493 e. The molecule has 6 heteroatoms. The predicted octanol–water partition coefficient (Wildman–Crippen LogP) is 4.42. The van der Waals surface area contributed by atoms with E-state index >= 15 is 0 Å². The predicted molar refractivity (Wildman–Crippen MR) is 93.5 cm³/mol. The van der Waals surface area contributed by atoms with Crippen LogP contribution < -0.4 is 14.8 Å². The average Bonchev–Trinajstić information content (AvgIpc) is 3.36. The van der Waals surface area contributed by atoms with Crippen LogP contribution >= 0.6 is 0 Å². The first-order chi connectivity index (χ1) is 12.5. The van der Waals surface area contributed by atoms with Gasteiger partial charge in [-0.1, -0.05) is 37.3 Å². The van der Waals surface area contributed by atoms with Crippen LogP contribution in [0.15, 0.2) is 48.5 Å². The van der Waals surface area contributed by atoms with E-state index in [1.54, 1.807) is 0 Å². The third kappa shape index (κ3) is 4.12. The summed E-state index contributed by atoms with van der Waals surface area (Å²) in [7, 11) is 1.35. The van der Waals surface area contributed by atoms with Crippen molar-refractivity contribution in [1.29, 1.82) is 0 Å². The standard InChI is InChI=1S/C20H21F2NO3/c1-12-10-15(12)18(13-6-4-3-5-7-13)23-19(24)14-8-9-16(25-2)17(11-14)26-20(21)22/h3-9,11-12,15,18,20H,10H2,1-2H3,(H,23,24). The molecule has 0 saturated heterocycles. The molecule has 0 spiro atoms. The van der Waals surface area contributed by atoms with Gasteiger partial charge in [0.15, 0.2) is 11.5 Å². The summed E-state index contributed by atoms with van der Waals surface area (Å²) in [6.45, 7) is -0.846. The molecule has 138 valence electrons. The van der Waals surface area contributed by atoms with E-state index in [0.717, 1.165) is 12.0 Å². The minimum absolute atomic E-state index is 0.111. The van der Waals surface area contributed by atoms with Crippen LogP contribution in [-0.2, 0) is 0 Å². The van der Waals surface area contributed by atoms with E-state index in [1.165, 1.54) is 25.3 Å². The summed E-state index contributed by atoms with van der Waals surface area (Å²) in [5, 5.41) is 3.04. The fraction of sp³-hybridized carbons (Fsp3) is 0.350. The Hall–Kier alpha value is -2.63. The largest absolute Gasteiger partial charge is 0.493 e. The van der Waals surface area contributed by atoms with E-state index in [0.29, 0.717) is 11.8 Å². The molecule has 2 aromatic rings. The monoisotopic (exact) mass is 361 g/mol. The Bertz CT molecular complexity index is 767. The smallest absolute Gasteiger partial charge is 0.387 e. The molecule has 0 aromatic heterocycles. The highest BCUT2D eigenvalue weighted by Crippen LogP contribution is 2.47. The minimum atomic E-state index is -2.99. The molecule has 0 radical (unpaired) electrons. The molecule has 4 nitrogen and oxygen atoms in total. The number of methoxy groups -OCH3 is 1. The summed E-state index contributed by atoms with van der Waals surface area (Å²) < 4.78 is 34.6. The molecule has 1 saturated carbocycles. The highest BCUT2D eigenvalue weighted by atomic mass is 19.3. The average molecular weight is 361 g/mol. The van der Waals surface area contributed by atoms with E-state index in [9.17, 15) is 13.6 Å². The second-order valence-electron chi connectivity index (χ2n) is 6.48. The van der Waals surface area contributed by atoms with E-state index in [1.807, 2.05) is 30.3 Å². The summed E-state index contributed by atoms with van der Waals surface area (Å²) in [5.41, 5.74) is 1.28. The second kappa shape index (κ2) is 7.72. The number of carbonyl (C=O) groups is 1. The zero-order valence-electron chi connectivity index (χ0n) is 14.6. The van der Waals surface area contributed by atoms with Gasteiger partial charge in [0.2, 0.25) is 0 Å². The Balaban J connectivity index is 1.81. The SMILES string of the molecule is COc1ccc(C(=O)NC(c2ccccc2)C2CC2C)cc1OC(F)F. The topological polar surface area (TPSA) is 47.6 Å². The Kier molecular flexibility index (Phi) is 5.40. The van der Waals surface area contributed by atoms with Crippen molar-refractivity contribution in [2.45, 2.75) is 26.0 Å². The molecule has 0 bridgehead atoms. The van der Waals surface area contributed by atoms with Gasteiger partial charge in [-0.25, -0.2) is 0 Å². The number of carbonyl (C=O) groups excluding carboxylic acids is 1. The summed E-state index contributed by atoms with van der Waals surface area (Å²) in [5.74, 6) is 0.564. The van der Waals surface area contributed by atoms with Crippen LogP contribution in [0.3, 0.4) is 0 Å². The lowest BCUT2D eigenvalue weighted by molar-refractivity contribution is -0.0512. The molecule has 3 unspecified atom stereocenters. The van der Waals surface area contributed by atoms with Crippen LogP contribution in [0.1, 0.15) is 35.3 Å². The number of rotatable bonds is 7. The van der Waals surface area contributed by atoms with Gasteiger partial charge in [0.1, 0.15) is 0 Å². The number of halogens is 2. The molecule has 2 aromatic carbocycles. The lowest BCUT2D eigenvalue weighted by atomic mass is 10.0. The van der Waals surface area contributed by atoms with Crippen LogP contribution in [-0.4, -0.2) is 19.6 Å². The normalized spacial score (nSPS) is 19.7. The first kappa shape index (κ1) is 18.2. The number of benzene rings is 2. The molecule has 0 heterocycles. The third-order valence-corrected chi connectivity index (χ3v) is 4.69. The van der Waals surface area contributed by atoms with Gasteiger partial charge in [-0.2, -0.15) is 8.78 Å². The Morgan fingerprint density at radius 3 is 2.42 bits per heavy atom. The molecule has 26 heavy (non-hydrogen) atoms. The first-order valence-corrected chi connectivity index (χ1v) is 8.48. The fourth-order valence-electron chi connectivity index (χ4n) is 3.14. The molecule has 0 aliphatic heterocycles. The van der Waals surface area contributed by atoms with Crippen LogP contribution in [0.2, 0.25) is 0 Å². The zero-order chi connectivity index (χ0) is 18.7. The van der Waals surface area contributed by atoms with Gasteiger partial charge in [-0.05, 0) is 42.0 Å². The van der Waals surface area contributed by atoms with Crippen molar-refractivity contribution >= 4 is 5.91 Å². The number of ether oxygens (including phenoxy) is 2. The highest BCUT2D eigenvalue weighted by Gasteiger charge is 2.41. The molecule has 1 aliphatic rings. The van der Waals surface area contributed by atoms with Gasteiger partial charge in [-0.15, -0.1) is 0 Å². The van der Waals surface area contributed by atoms with E-state index in [-0.39, 0.29) is 29.0 Å². The quantitative estimate of drug-likeness (QED) is 0.794. The Labute approximate surface area is 151 Å². The van der Waals surface area contributed by atoms with Gasteiger partial charge in [0.05, 0.1) is 13.2 Å². The van der Waals surface area contributed by atoms with E-state index in [4.69, 9.17) is 4.74 Å². The maximum atomic E-state index is 12.7. The van der Waals surface area contributed by atoms with Crippen molar-refractivity contribution in [3.05, 3.63) is 59.7 Å². The van der Waals surface area contributed by atoms with Crippen molar-refractivity contribution in [3.63, 3.8) is 0 Å². The molecule has 3 atom stereocenters. The molecule has 1 fully saturated rings. The number of hydrogen-bond acceptors (Lipinski definition) is 3. The lowest BCUT2D eigenvalue weighted by Crippen LogP contribution is -2.30. The molecule has 1 aliphatic carbocycles. The van der Waals surface area contributed by atoms with Crippen molar-refractivity contribution in [1.82, 2.24) is 5.32 Å². The number of hydrogen-bond donors (Lipinski definition) is 1. The molecule has 1 amide bonds.